The Morgan fingerprint density at radius 2 is 1.30 bits per heavy atom. The lowest BCUT2D eigenvalue weighted by atomic mass is 9.78. The van der Waals surface area contributed by atoms with Gasteiger partial charge in [-0.25, -0.2) is 0 Å². The topological polar surface area (TPSA) is 12.0 Å². The van der Waals surface area contributed by atoms with E-state index in [1.165, 1.54) is 51.5 Å². The summed E-state index contributed by atoms with van der Waals surface area (Å²) in [4.78, 5) is 0. The summed E-state index contributed by atoms with van der Waals surface area (Å²) < 4.78 is 0. The molecule has 1 N–H and O–H groups in total. The van der Waals surface area contributed by atoms with Crippen molar-refractivity contribution in [2.45, 2.75) is 92.5 Å². The molecule has 1 saturated carbocycles. The van der Waals surface area contributed by atoms with Crippen LogP contribution < -0.4 is 5.32 Å². The quantitative estimate of drug-likeness (QED) is 0.576. The van der Waals surface area contributed by atoms with Gasteiger partial charge in [0.25, 0.3) is 0 Å². The minimum Gasteiger partial charge on any atom is -0.313 e. The second-order valence-corrected chi connectivity index (χ2v) is 8.64. The maximum atomic E-state index is 3.97. The van der Waals surface area contributed by atoms with E-state index in [1.807, 2.05) is 0 Å². The minimum absolute atomic E-state index is 0.611. The van der Waals surface area contributed by atoms with Crippen molar-refractivity contribution >= 4 is 0 Å². The zero-order valence-electron chi connectivity index (χ0n) is 15.0. The summed E-state index contributed by atoms with van der Waals surface area (Å²) in [5.41, 5.74) is 0.611. The largest absolute Gasteiger partial charge is 0.313 e. The number of hydrogen-bond donors (Lipinski definition) is 1. The third-order valence-electron chi connectivity index (χ3n) is 4.78. The zero-order valence-corrected chi connectivity index (χ0v) is 15.0. The average molecular weight is 282 g/mol. The standard InChI is InChI=1S/C19H39N/c1-15(2)11-18(12-16(3)4)20-14-19(13-17(5)6)9-7-8-10-19/h15-18,20H,7-14H2,1-6H3. The molecule has 0 aromatic carbocycles. The van der Waals surface area contributed by atoms with Gasteiger partial charge in [0.05, 0.1) is 0 Å². The molecule has 0 heterocycles. The van der Waals surface area contributed by atoms with Crippen LogP contribution in [0.3, 0.4) is 0 Å². The lowest BCUT2D eigenvalue weighted by molar-refractivity contribution is 0.204. The van der Waals surface area contributed by atoms with Crippen LogP contribution in [0.5, 0.6) is 0 Å². The third kappa shape index (κ3) is 6.61. The Hall–Kier alpha value is -0.0400. The van der Waals surface area contributed by atoms with Gasteiger partial charge in [-0.15, -0.1) is 0 Å². The molecule has 1 rings (SSSR count). The molecule has 1 nitrogen and oxygen atoms in total. The second kappa shape index (κ2) is 8.41. The minimum atomic E-state index is 0.611. The van der Waals surface area contributed by atoms with Gasteiger partial charge >= 0.3 is 0 Å². The first-order valence-corrected chi connectivity index (χ1v) is 9.06. The summed E-state index contributed by atoms with van der Waals surface area (Å²) in [5, 5.41) is 3.97. The second-order valence-electron chi connectivity index (χ2n) is 8.64. The van der Waals surface area contributed by atoms with E-state index in [-0.39, 0.29) is 0 Å². The van der Waals surface area contributed by atoms with Gasteiger partial charge < -0.3 is 5.32 Å². The molecule has 20 heavy (non-hydrogen) atoms. The van der Waals surface area contributed by atoms with Crippen molar-refractivity contribution < 1.29 is 0 Å². The fourth-order valence-electron chi connectivity index (χ4n) is 4.21. The van der Waals surface area contributed by atoms with E-state index >= 15 is 0 Å². The lowest BCUT2D eigenvalue weighted by Crippen LogP contribution is -2.40. The summed E-state index contributed by atoms with van der Waals surface area (Å²) in [5.74, 6) is 2.44. The highest BCUT2D eigenvalue weighted by atomic mass is 14.9. The Morgan fingerprint density at radius 3 is 1.70 bits per heavy atom. The van der Waals surface area contributed by atoms with Gasteiger partial charge in [-0.3, -0.25) is 0 Å². The summed E-state index contributed by atoms with van der Waals surface area (Å²) in [7, 11) is 0. The fourth-order valence-corrected chi connectivity index (χ4v) is 4.21. The number of rotatable bonds is 9. The fraction of sp³-hybridized carbons (Fsp3) is 1.00. The van der Waals surface area contributed by atoms with Crippen LogP contribution in [0.25, 0.3) is 0 Å². The maximum Gasteiger partial charge on any atom is 0.00721 e. The van der Waals surface area contributed by atoms with Gasteiger partial charge in [0, 0.05) is 12.6 Å². The summed E-state index contributed by atoms with van der Waals surface area (Å²) in [6.07, 6.45) is 9.88. The summed E-state index contributed by atoms with van der Waals surface area (Å²) in [6, 6.07) is 0.722. The Morgan fingerprint density at radius 1 is 0.800 bits per heavy atom. The normalized spacial score (nSPS) is 18.9. The number of hydrogen-bond acceptors (Lipinski definition) is 1. The molecule has 0 saturated heterocycles. The van der Waals surface area contributed by atoms with Gasteiger partial charge in [0.15, 0.2) is 0 Å². The predicted octanol–water partition coefficient (Wildman–Crippen LogP) is 5.64. The van der Waals surface area contributed by atoms with Gasteiger partial charge in [0.2, 0.25) is 0 Å². The molecule has 0 aromatic heterocycles. The van der Waals surface area contributed by atoms with Crippen LogP contribution in [-0.2, 0) is 0 Å². The molecule has 1 heteroatoms. The van der Waals surface area contributed by atoms with Crippen molar-refractivity contribution in [2.24, 2.45) is 23.2 Å². The molecule has 1 aliphatic carbocycles. The summed E-state index contributed by atoms with van der Waals surface area (Å²) >= 11 is 0. The SMILES string of the molecule is CC(C)CC(CC(C)C)NCC1(CC(C)C)CCCC1. The van der Waals surface area contributed by atoms with Gasteiger partial charge in [-0.2, -0.15) is 0 Å². The van der Waals surface area contributed by atoms with Gasteiger partial charge in [-0.1, -0.05) is 54.4 Å². The first kappa shape index (κ1) is 18.0. The van der Waals surface area contributed by atoms with E-state index in [4.69, 9.17) is 0 Å². The molecule has 0 spiro atoms. The van der Waals surface area contributed by atoms with Gasteiger partial charge in [-0.05, 0) is 55.3 Å². The Kier molecular flexibility index (Phi) is 7.58. The van der Waals surface area contributed by atoms with Crippen LogP contribution in [0.2, 0.25) is 0 Å². The van der Waals surface area contributed by atoms with Crippen LogP contribution in [0.4, 0.5) is 0 Å². The molecule has 0 aliphatic heterocycles. The molecule has 120 valence electrons. The molecular weight excluding hydrogens is 242 g/mol. The van der Waals surface area contributed by atoms with Crippen LogP contribution in [-0.4, -0.2) is 12.6 Å². The van der Waals surface area contributed by atoms with E-state index in [0.717, 1.165) is 23.8 Å². The van der Waals surface area contributed by atoms with E-state index in [9.17, 15) is 0 Å². The van der Waals surface area contributed by atoms with Crippen molar-refractivity contribution in [2.75, 3.05) is 6.54 Å². The summed E-state index contributed by atoms with van der Waals surface area (Å²) in [6.45, 7) is 15.5. The Balaban J connectivity index is 2.53. The predicted molar refractivity (Wildman–Crippen MR) is 91.1 cm³/mol. The van der Waals surface area contributed by atoms with Gasteiger partial charge in [0.1, 0.15) is 0 Å². The maximum absolute atomic E-state index is 3.97. The molecule has 0 atom stereocenters. The van der Waals surface area contributed by atoms with Crippen LogP contribution in [0.1, 0.15) is 86.5 Å². The highest BCUT2D eigenvalue weighted by molar-refractivity contribution is 4.88. The smallest absolute Gasteiger partial charge is 0.00721 e. The molecule has 0 amide bonds. The Bertz CT molecular complexity index is 238. The van der Waals surface area contributed by atoms with Crippen LogP contribution >= 0.6 is 0 Å². The lowest BCUT2D eigenvalue weighted by Gasteiger charge is -2.34. The van der Waals surface area contributed by atoms with E-state index in [2.05, 4.69) is 46.9 Å². The molecule has 0 unspecified atom stereocenters. The number of nitrogens with one attached hydrogen (secondary N) is 1. The third-order valence-corrected chi connectivity index (χ3v) is 4.78. The van der Waals surface area contributed by atoms with E-state index in [0.29, 0.717) is 5.41 Å². The van der Waals surface area contributed by atoms with E-state index in [1.54, 1.807) is 0 Å². The zero-order chi connectivity index (χ0) is 15.2. The highest BCUT2D eigenvalue weighted by Crippen LogP contribution is 2.42. The highest BCUT2D eigenvalue weighted by Gasteiger charge is 2.34. The van der Waals surface area contributed by atoms with E-state index < -0.39 is 0 Å². The molecule has 0 radical (unpaired) electrons. The first-order valence-electron chi connectivity index (χ1n) is 9.06. The average Bonchev–Trinajstić information content (AvgIpc) is 2.72. The van der Waals surface area contributed by atoms with Crippen molar-refractivity contribution in [3.63, 3.8) is 0 Å². The van der Waals surface area contributed by atoms with Crippen LogP contribution in [0, 0.1) is 23.2 Å². The van der Waals surface area contributed by atoms with Crippen molar-refractivity contribution in [3.8, 4) is 0 Å². The molecule has 1 fully saturated rings. The molecular formula is C19H39N. The Labute approximate surface area is 128 Å². The van der Waals surface area contributed by atoms with Crippen LogP contribution in [0.15, 0.2) is 0 Å². The molecule has 0 bridgehead atoms. The molecule has 0 aromatic rings. The molecule has 1 aliphatic rings. The monoisotopic (exact) mass is 281 g/mol. The van der Waals surface area contributed by atoms with Crippen molar-refractivity contribution in [1.29, 1.82) is 0 Å². The van der Waals surface area contributed by atoms with Crippen molar-refractivity contribution in [3.05, 3.63) is 0 Å². The van der Waals surface area contributed by atoms with Crippen molar-refractivity contribution in [1.82, 2.24) is 5.32 Å². The first-order chi connectivity index (χ1) is 9.33.